The van der Waals surface area contributed by atoms with E-state index in [1.54, 1.807) is 0 Å². The summed E-state index contributed by atoms with van der Waals surface area (Å²) in [4.78, 5) is 34.9. The highest BCUT2D eigenvalue weighted by Crippen LogP contribution is 2.27. The lowest BCUT2D eigenvalue weighted by Gasteiger charge is -2.18. The van der Waals surface area contributed by atoms with Crippen molar-refractivity contribution >= 4 is 5.69 Å². The first-order chi connectivity index (χ1) is 12.8. The lowest BCUT2D eigenvalue weighted by Crippen LogP contribution is -2.43. The van der Waals surface area contributed by atoms with Crippen LogP contribution in [0.3, 0.4) is 0 Å². The first kappa shape index (κ1) is 18.9. The SMILES string of the molecule is O=c1ccn([C@@H]2O[C@H](CO)[C@@H](O)[C@H]2O)c(=O)n1Cc1ccc([N+](=O)[O-])cc1. The monoisotopic (exact) mass is 379 g/mol. The third kappa shape index (κ3) is 3.53. The summed E-state index contributed by atoms with van der Waals surface area (Å²) < 4.78 is 7.14. The predicted octanol–water partition coefficient (Wildman–Crippen LogP) is -1.42. The van der Waals surface area contributed by atoms with E-state index in [0.29, 0.717) is 5.56 Å². The number of aliphatic hydroxyl groups is 3. The Kier molecular flexibility index (Phi) is 5.19. The number of aromatic nitrogens is 2. The minimum Gasteiger partial charge on any atom is -0.394 e. The molecule has 3 N–H and O–H groups in total. The average molecular weight is 379 g/mol. The molecule has 27 heavy (non-hydrogen) atoms. The highest BCUT2D eigenvalue weighted by Gasteiger charge is 2.43. The minimum atomic E-state index is -1.47. The summed E-state index contributed by atoms with van der Waals surface area (Å²) in [6.45, 7) is -0.697. The predicted molar refractivity (Wildman–Crippen MR) is 90.2 cm³/mol. The number of nitro benzene ring substituents is 1. The molecule has 0 radical (unpaired) electrons. The van der Waals surface area contributed by atoms with Crippen LogP contribution < -0.4 is 11.2 Å². The van der Waals surface area contributed by atoms with Gasteiger partial charge in [0, 0.05) is 24.4 Å². The van der Waals surface area contributed by atoms with Crippen LogP contribution in [0, 0.1) is 10.1 Å². The molecule has 2 heterocycles. The van der Waals surface area contributed by atoms with Crippen molar-refractivity contribution in [2.24, 2.45) is 0 Å². The Balaban J connectivity index is 1.94. The van der Waals surface area contributed by atoms with Gasteiger partial charge in [0.2, 0.25) is 0 Å². The highest BCUT2D eigenvalue weighted by atomic mass is 16.6. The van der Waals surface area contributed by atoms with E-state index >= 15 is 0 Å². The Labute approximate surface area is 151 Å². The number of nitro groups is 1. The van der Waals surface area contributed by atoms with Crippen molar-refractivity contribution in [3.8, 4) is 0 Å². The minimum absolute atomic E-state index is 0.122. The quantitative estimate of drug-likeness (QED) is 0.422. The zero-order valence-electron chi connectivity index (χ0n) is 13.9. The number of ether oxygens (including phenoxy) is 1. The average Bonchev–Trinajstić information content (AvgIpc) is 2.94. The maximum absolute atomic E-state index is 12.7. The summed E-state index contributed by atoms with van der Waals surface area (Å²) in [5.74, 6) is 0. The molecule has 11 heteroatoms. The molecule has 144 valence electrons. The van der Waals surface area contributed by atoms with Crippen LogP contribution in [-0.2, 0) is 11.3 Å². The van der Waals surface area contributed by atoms with Crippen LogP contribution >= 0.6 is 0 Å². The molecule has 1 aromatic carbocycles. The maximum atomic E-state index is 12.7. The maximum Gasteiger partial charge on any atom is 0.333 e. The first-order valence-corrected chi connectivity index (χ1v) is 8.01. The Morgan fingerprint density at radius 1 is 1.11 bits per heavy atom. The van der Waals surface area contributed by atoms with E-state index < -0.39 is 47.3 Å². The Bertz CT molecular complexity index is 951. The van der Waals surface area contributed by atoms with E-state index in [-0.39, 0.29) is 12.2 Å². The van der Waals surface area contributed by atoms with E-state index in [0.717, 1.165) is 21.4 Å². The standard InChI is InChI=1S/C16H17N3O8/c20-8-11-13(22)14(23)15(27-11)17-6-5-12(21)18(16(17)24)7-9-1-3-10(4-2-9)19(25)26/h1-6,11,13-15,20,22-23H,7-8H2/t11-,13-,14-,15-/m1/s1. The van der Waals surface area contributed by atoms with Crippen LogP contribution in [0.1, 0.15) is 11.8 Å². The second-order valence-corrected chi connectivity index (χ2v) is 6.08. The van der Waals surface area contributed by atoms with Crippen molar-refractivity contribution in [2.75, 3.05) is 6.61 Å². The Hall–Kier alpha value is -2.86. The van der Waals surface area contributed by atoms with E-state index in [9.17, 15) is 29.9 Å². The van der Waals surface area contributed by atoms with Crippen molar-refractivity contribution < 1.29 is 25.0 Å². The molecular formula is C16H17N3O8. The van der Waals surface area contributed by atoms with Crippen LogP contribution in [0.5, 0.6) is 0 Å². The molecule has 3 rings (SSSR count). The second kappa shape index (κ2) is 7.40. The number of benzene rings is 1. The fraction of sp³-hybridized carbons (Fsp3) is 0.375. The number of non-ortho nitro benzene ring substituents is 1. The van der Waals surface area contributed by atoms with Gasteiger partial charge in [0.25, 0.3) is 11.2 Å². The summed E-state index contributed by atoms with van der Waals surface area (Å²) in [6.07, 6.45) is -4.05. The van der Waals surface area contributed by atoms with Gasteiger partial charge in [-0.2, -0.15) is 0 Å². The summed E-state index contributed by atoms with van der Waals surface area (Å²) in [7, 11) is 0. The van der Waals surface area contributed by atoms with Crippen molar-refractivity contribution in [1.82, 2.24) is 9.13 Å². The van der Waals surface area contributed by atoms with Crippen LogP contribution in [-0.4, -0.2) is 54.3 Å². The molecule has 2 aromatic rings. The zero-order chi connectivity index (χ0) is 19.7. The third-order valence-electron chi connectivity index (χ3n) is 4.37. The second-order valence-electron chi connectivity index (χ2n) is 6.08. The van der Waals surface area contributed by atoms with Gasteiger partial charge in [0.05, 0.1) is 18.1 Å². The van der Waals surface area contributed by atoms with E-state index in [1.165, 1.54) is 24.3 Å². The van der Waals surface area contributed by atoms with Gasteiger partial charge in [-0.3, -0.25) is 24.0 Å². The van der Waals surface area contributed by atoms with Crippen LogP contribution in [0.2, 0.25) is 0 Å². The van der Waals surface area contributed by atoms with Gasteiger partial charge in [0.1, 0.15) is 18.3 Å². The molecule has 1 fully saturated rings. The van der Waals surface area contributed by atoms with Gasteiger partial charge in [-0.1, -0.05) is 12.1 Å². The molecule has 0 aliphatic carbocycles. The van der Waals surface area contributed by atoms with Gasteiger partial charge in [-0.25, -0.2) is 4.79 Å². The molecule has 0 unspecified atom stereocenters. The highest BCUT2D eigenvalue weighted by molar-refractivity contribution is 5.32. The third-order valence-corrected chi connectivity index (χ3v) is 4.37. The number of hydrogen-bond acceptors (Lipinski definition) is 8. The number of rotatable bonds is 5. The molecule has 1 saturated heterocycles. The summed E-state index contributed by atoms with van der Waals surface area (Å²) >= 11 is 0. The van der Waals surface area contributed by atoms with Crippen molar-refractivity contribution in [3.05, 3.63) is 73.0 Å². The molecule has 1 aliphatic rings. The van der Waals surface area contributed by atoms with Crippen LogP contribution in [0.25, 0.3) is 0 Å². The van der Waals surface area contributed by atoms with Gasteiger partial charge in [0.15, 0.2) is 6.23 Å². The largest absolute Gasteiger partial charge is 0.394 e. The van der Waals surface area contributed by atoms with Gasteiger partial charge in [-0.15, -0.1) is 0 Å². The normalized spacial score (nSPS) is 24.9. The molecule has 0 amide bonds. The molecule has 0 bridgehead atoms. The molecule has 11 nitrogen and oxygen atoms in total. The lowest BCUT2D eigenvalue weighted by atomic mass is 10.1. The fourth-order valence-corrected chi connectivity index (χ4v) is 2.89. The van der Waals surface area contributed by atoms with E-state index in [4.69, 9.17) is 9.84 Å². The first-order valence-electron chi connectivity index (χ1n) is 8.01. The van der Waals surface area contributed by atoms with Crippen molar-refractivity contribution in [1.29, 1.82) is 0 Å². The molecule has 1 aliphatic heterocycles. The molecule has 0 spiro atoms. The number of nitrogens with zero attached hydrogens (tertiary/aromatic N) is 3. The van der Waals surface area contributed by atoms with Crippen molar-refractivity contribution in [2.45, 2.75) is 31.1 Å². The van der Waals surface area contributed by atoms with Crippen LogP contribution in [0.15, 0.2) is 46.1 Å². The number of hydrogen-bond donors (Lipinski definition) is 3. The molecule has 0 saturated carbocycles. The van der Waals surface area contributed by atoms with Gasteiger partial charge < -0.3 is 20.1 Å². The summed E-state index contributed by atoms with van der Waals surface area (Å²) in [5, 5.41) is 39.8. The van der Waals surface area contributed by atoms with Gasteiger partial charge in [-0.05, 0) is 5.56 Å². The van der Waals surface area contributed by atoms with E-state index in [1.807, 2.05) is 0 Å². The lowest BCUT2D eigenvalue weighted by molar-refractivity contribution is -0.384. The summed E-state index contributed by atoms with van der Waals surface area (Å²) in [6, 6.07) is 6.46. The molecular weight excluding hydrogens is 362 g/mol. The summed E-state index contributed by atoms with van der Waals surface area (Å²) in [5.41, 5.74) is -1.04. The van der Waals surface area contributed by atoms with Gasteiger partial charge >= 0.3 is 5.69 Å². The topological polar surface area (TPSA) is 157 Å². The molecule has 1 aromatic heterocycles. The number of aliphatic hydroxyl groups excluding tert-OH is 3. The fourth-order valence-electron chi connectivity index (χ4n) is 2.89. The molecule has 4 atom stereocenters. The smallest absolute Gasteiger partial charge is 0.333 e. The van der Waals surface area contributed by atoms with Crippen LogP contribution in [0.4, 0.5) is 5.69 Å². The van der Waals surface area contributed by atoms with Crippen molar-refractivity contribution in [3.63, 3.8) is 0 Å². The Morgan fingerprint density at radius 2 is 1.78 bits per heavy atom. The Morgan fingerprint density at radius 3 is 2.33 bits per heavy atom. The van der Waals surface area contributed by atoms with E-state index in [2.05, 4.69) is 0 Å². The zero-order valence-corrected chi connectivity index (χ0v) is 13.9.